The van der Waals surface area contributed by atoms with Gasteiger partial charge in [0.2, 0.25) is 5.82 Å². The van der Waals surface area contributed by atoms with Gasteiger partial charge in [-0.15, -0.1) is 0 Å². The first-order valence-corrected chi connectivity index (χ1v) is 6.30. The van der Waals surface area contributed by atoms with Crippen LogP contribution in [-0.4, -0.2) is 32.1 Å². The monoisotopic (exact) mass is 297 g/mol. The molecule has 2 heterocycles. The summed E-state index contributed by atoms with van der Waals surface area (Å²) in [5.41, 5.74) is 2.86. The van der Waals surface area contributed by atoms with Crippen LogP contribution >= 0.6 is 0 Å². The molecule has 0 aliphatic carbocycles. The third-order valence-electron chi connectivity index (χ3n) is 2.93. The van der Waals surface area contributed by atoms with Crippen molar-refractivity contribution in [1.29, 1.82) is 0 Å². The van der Waals surface area contributed by atoms with Gasteiger partial charge in [-0.1, -0.05) is 40.6 Å². The van der Waals surface area contributed by atoms with E-state index in [4.69, 9.17) is 4.52 Å². The smallest absolute Gasteiger partial charge is 0.260 e. The molecule has 0 saturated carbocycles. The maximum Gasteiger partial charge on any atom is 0.260 e. The van der Waals surface area contributed by atoms with E-state index >= 15 is 0 Å². The van der Waals surface area contributed by atoms with E-state index in [-0.39, 0.29) is 17.4 Å². The van der Waals surface area contributed by atoms with Gasteiger partial charge in [-0.2, -0.15) is 0 Å². The first-order valence-electron chi connectivity index (χ1n) is 6.30. The van der Waals surface area contributed by atoms with Gasteiger partial charge in [0.25, 0.3) is 5.71 Å². The fourth-order valence-corrected chi connectivity index (χ4v) is 1.92. The number of benzene rings is 1. The highest BCUT2D eigenvalue weighted by Crippen LogP contribution is 2.23. The molecule has 8 heteroatoms. The van der Waals surface area contributed by atoms with Crippen LogP contribution in [0.15, 0.2) is 63.3 Å². The molecule has 3 rings (SSSR count). The topological polar surface area (TPSA) is 116 Å². The molecule has 0 unspecified atom stereocenters. The lowest BCUT2D eigenvalue weighted by atomic mass is 10.1. The molecule has 3 N–H and O–H groups in total. The van der Waals surface area contributed by atoms with Crippen molar-refractivity contribution in [3.63, 3.8) is 0 Å². The highest BCUT2D eigenvalue weighted by molar-refractivity contribution is 6.47. The molecule has 0 radical (unpaired) electrons. The number of amidine groups is 1. The van der Waals surface area contributed by atoms with E-state index in [0.717, 1.165) is 0 Å². The Bertz CT molecular complexity index is 842. The van der Waals surface area contributed by atoms with E-state index in [2.05, 4.69) is 20.3 Å². The Morgan fingerprint density at radius 3 is 2.68 bits per heavy atom. The maximum absolute atomic E-state index is 9.31. The first-order chi connectivity index (χ1) is 10.8. The summed E-state index contributed by atoms with van der Waals surface area (Å²) in [6.45, 7) is 0. The number of nitrogens with one attached hydrogen (secondary N) is 1. The zero-order valence-electron chi connectivity index (χ0n) is 11.2. The molecule has 0 fully saturated rings. The maximum atomic E-state index is 9.31. The summed E-state index contributed by atoms with van der Waals surface area (Å²) in [7, 11) is 0. The van der Waals surface area contributed by atoms with Crippen LogP contribution in [-0.2, 0) is 0 Å². The second kappa shape index (κ2) is 6.02. The van der Waals surface area contributed by atoms with Gasteiger partial charge in [-0.05, 0) is 12.1 Å². The molecule has 0 bridgehead atoms. The highest BCUT2D eigenvalue weighted by Gasteiger charge is 2.15. The predicted molar refractivity (Wildman–Crippen MR) is 78.6 cm³/mol. The highest BCUT2D eigenvalue weighted by atomic mass is 16.5. The Morgan fingerprint density at radius 1 is 1.14 bits per heavy atom. The zero-order chi connectivity index (χ0) is 15.4. The van der Waals surface area contributed by atoms with Crippen molar-refractivity contribution >= 4 is 28.5 Å². The fourth-order valence-electron chi connectivity index (χ4n) is 1.92. The summed E-state index contributed by atoms with van der Waals surface area (Å²) in [6, 6.07) is 12.2. The standard InChI is InChI=1S/C14H11N5O3/c20-17-11(9-5-2-1-3-6-9)13(18-21)16-12-10-7-4-8-15-14(10)22-19-12/h1-8,20-21H,(H,16,18,19)/b17-11+. The van der Waals surface area contributed by atoms with Crippen LogP contribution in [0.1, 0.15) is 5.56 Å². The number of hydroxylamine groups is 1. The Balaban J connectivity index is 2.07. The number of aromatic nitrogens is 2. The Hall–Kier alpha value is -3.26. The molecule has 0 aliphatic heterocycles. The van der Waals surface area contributed by atoms with Gasteiger partial charge in [-0.25, -0.2) is 9.98 Å². The summed E-state index contributed by atoms with van der Waals surface area (Å²) < 4.78 is 5.03. The first kappa shape index (κ1) is 13.7. The average Bonchev–Trinajstić information content (AvgIpc) is 2.99. The van der Waals surface area contributed by atoms with E-state index in [1.54, 1.807) is 42.6 Å². The van der Waals surface area contributed by atoms with E-state index in [1.165, 1.54) is 0 Å². The second-order valence-electron chi connectivity index (χ2n) is 4.25. The normalized spacial score (nSPS) is 12.6. The molecule has 2 aromatic heterocycles. The molecule has 3 aromatic rings. The average molecular weight is 297 g/mol. The van der Waals surface area contributed by atoms with Crippen molar-refractivity contribution in [1.82, 2.24) is 15.6 Å². The summed E-state index contributed by atoms with van der Waals surface area (Å²) in [5.74, 6) is 0.129. The minimum Gasteiger partial charge on any atom is -0.410 e. The third kappa shape index (κ3) is 2.50. The molecule has 1 aromatic carbocycles. The lowest BCUT2D eigenvalue weighted by Gasteiger charge is -2.06. The SMILES string of the molecule is O/N=C(/C(=Nc1noc2ncccc12)NO)c1ccccc1. The molecule has 0 amide bonds. The largest absolute Gasteiger partial charge is 0.410 e. The van der Waals surface area contributed by atoms with Crippen molar-refractivity contribution in [2.45, 2.75) is 0 Å². The van der Waals surface area contributed by atoms with Gasteiger partial charge in [0.1, 0.15) is 0 Å². The summed E-state index contributed by atoms with van der Waals surface area (Å²) in [5, 5.41) is 26.1. The lowest BCUT2D eigenvalue weighted by molar-refractivity contribution is 0.236. The minimum absolute atomic E-state index is 0.0585. The fraction of sp³-hybridized carbons (Fsp3) is 0. The molecule has 0 saturated heterocycles. The molecule has 8 nitrogen and oxygen atoms in total. The van der Waals surface area contributed by atoms with Crippen molar-refractivity contribution in [3.8, 4) is 0 Å². The number of nitrogens with zero attached hydrogens (tertiary/aromatic N) is 4. The van der Waals surface area contributed by atoms with Crippen molar-refractivity contribution in [2.24, 2.45) is 10.1 Å². The lowest BCUT2D eigenvalue weighted by Crippen LogP contribution is -2.29. The van der Waals surface area contributed by atoms with E-state index in [1.807, 2.05) is 11.5 Å². The van der Waals surface area contributed by atoms with Crippen LogP contribution < -0.4 is 5.48 Å². The Morgan fingerprint density at radius 2 is 1.95 bits per heavy atom. The number of hydrogen-bond acceptors (Lipinski definition) is 7. The van der Waals surface area contributed by atoms with Gasteiger partial charge in [0.05, 0.1) is 5.39 Å². The number of fused-ring (bicyclic) bond motifs is 1. The van der Waals surface area contributed by atoms with Crippen LogP contribution in [0.4, 0.5) is 5.82 Å². The van der Waals surface area contributed by atoms with Gasteiger partial charge in [-0.3, -0.25) is 10.7 Å². The number of aliphatic imine (C=N–C) groups is 1. The predicted octanol–water partition coefficient (Wildman–Crippen LogP) is 2.11. The Labute approximate surface area is 124 Å². The van der Waals surface area contributed by atoms with Crippen LogP contribution in [0.5, 0.6) is 0 Å². The summed E-state index contributed by atoms with van der Waals surface area (Å²) in [4.78, 5) is 8.13. The van der Waals surface area contributed by atoms with E-state index in [0.29, 0.717) is 16.7 Å². The van der Waals surface area contributed by atoms with Crippen LogP contribution in [0.3, 0.4) is 0 Å². The number of pyridine rings is 1. The van der Waals surface area contributed by atoms with E-state index in [9.17, 15) is 10.4 Å². The summed E-state index contributed by atoms with van der Waals surface area (Å²) >= 11 is 0. The molecular weight excluding hydrogens is 286 g/mol. The molecule has 0 aliphatic rings. The number of hydrogen-bond donors (Lipinski definition) is 3. The summed E-state index contributed by atoms with van der Waals surface area (Å²) in [6.07, 6.45) is 1.57. The van der Waals surface area contributed by atoms with Crippen LogP contribution in [0.25, 0.3) is 11.1 Å². The number of rotatable bonds is 3. The minimum atomic E-state index is -0.0762. The quantitative estimate of drug-likeness (QED) is 0.295. The third-order valence-corrected chi connectivity index (χ3v) is 2.93. The van der Waals surface area contributed by atoms with E-state index < -0.39 is 0 Å². The van der Waals surface area contributed by atoms with Crippen molar-refractivity contribution in [2.75, 3.05) is 0 Å². The Kier molecular flexibility index (Phi) is 3.75. The van der Waals surface area contributed by atoms with Gasteiger partial charge < -0.3 is 9.73 Å². The van der Waals surface area contributed by atoms with Gasteiger partial charge in [0.15, 0.2) is 11.5 Å². The molecule has 110 valence electrons. The molecule has 0 spiro atoms. The van der Waals surface area contributed by atoms with Crippen LogP contribution in [0.2, 0.25) is 0 Å². The van der Waals surface area contributed by atoms with Crippen LogP contribution in [0, 0.1) is 0 Å². The van der Waals surface area contributed by atoms with Crippen molar-refractivity contribution in [3.05, 3.63) is 54.2 Å². The molecule has 0 atom stereocenters. The zero-order valence-corrected chi connectivity index (χ0v) is 11.2. The van der Waals surface area contributed by atoms with Gasteiger partial charge in [0, 0.05) is 11.8 Å². The van der Waals surface area contributed by atoms with Crippen molar-refractivity contribution < 1.29 is 14.9 Å². The second-order valence-corrected chi connectivity index (χ2v) is 4.25. The number of oxime groups is 1. The molecule has 22 heavy (non-hydrogen) atoms. The molecular formula is C14H11N5O3. The van der Waals surface area contributed by atoms with Gasteiger partial charge >= 0.3 is 0 Å².